The predicted octanol–water partition coefficient (Wildman–Crippen LogP) is 3.26. The number of pyridine rings is 1. The summed E-state index contributed by atoms with van der Waals surface area (Å²) in [6.07, 6.45) is -4.41. The van der Waals surface area contributed by atoms with Gasteiger partial charge in [0.05, 0.1) is 10.0 Å². The van der Waals surface area contributed by atoms with Gasteiger partial charge in [-0.2, -0.15) is 4.39 Å². The molecule has 0 saturated heterocycles. The normalized spacial score (nSPS) is 11.4. The van der Waals surface area contributed by atoms with Gasteiger partial charge in [0, 0.05) is 6.20 Å². The predicted molar refractivity (Wildman–Crippen MR) is 48.8 cm³/mol. The van der Waals surface area contributed by atoms with Gasteiger partial charge in [0.1, 0.15) is 0 Å². The van der Waals surface area contributed by atoms with Gasteiger partial charge in [-0.1, -0.05) is 0 Å². The molecule has 0 amide bonds. The lowest BCUT2D eigenvalue weighted by atomic mass is 10.3. The van der Waals surface area contributed by atoms with Gasteiger partial charge in [-0.25, -0.2) is 4.98 Å². The third kappa shape index (κ3) is 3.05. The third-order valence-electron chi connectivity index (χ3n) is 1.36. The van der Waals surface area contributed by atoms with Crippen molar-refractivity contribution in [2.45, 2.75) is 6.36 Å². The van der Waals surface area contributed by atoms with Crippen molar-refractivity contribution in [2.24, 2.45) is 0 Å². The number of hydrogen-bond acceptors (Lipinski definition) is 3. The van der Waals surface area contributed by atoms with Crippen molar-refractivity contribution in [1.82, 2.24) is 4.98 Å². The fraction of sp³-hybridized carbons (Fsp3) is 0.143. The molecular formula is C7HBrClF4NO2. The summed E-state index contributed by atoms with van der Waals surface area (Å²) in [6.45, 7) is 0. The summed E-state index contributed by atoms with van der Waals surface area (Å²) in [4.78, 5) is 13.6. The maximum absolute atomic E-state index is 12.9. The number of nitrogens with zero attached hydrogens (tertiary/aromatic N) is 1. The van der Waals surface area contributed by atoms with Crippen molar-refractivity contribution in [2.75, 3.05) is 0 Å². The minimum Gasteiger partial charge on any atom is -0.400 e. The van der Waals surface area contributed by atoms with Crippen LogP contribution in [0.2, 0.25) is 0 Å². The molecule has 88 valence electrons. The summed E-state index contributed by atoms with van der Waals surface area (Å²) < 4.78 is 51.4. The van der Waals surface area contributed by atoms with E-state index in [1.165, 1.54) is 0 Å². The molecule has 3 nitrogen and oxygen atoms in total. The largest absolute Gasteiger partial charge is 0.573 e. The van der Waals surface area contributed by atoms with Crippen LogP contribution in [0.5, 0.6) is 5.75 Å². The topological polar surface area (TPSA) is 39.2 Å². The molecule has 0 spiro atoms. The molecule has 1 rings (SSSR count). The average Bonchev–Trinajstić information content (AvgIpc) is 2.10. The van der Waals surface area contributed by atoms with E-state index in [1.54, 1.807) is 0 Å². The summed E-state index contributed by atoms with van der Waals surface area (Å²) in [5.41, 5.74) is -0.428. The molecule has 1 heterocycles. The van der Waals surface area contributed by atoms with Crippen LogP contribution in [-0.4, -0.2) is 16.6 Å². The van der Waals surface area contributed by atoms with Crippen LogP contribution in [0.3, 0.4) is 0 Å². The Labute approximate surface area is 99.5 Å². The Kier molecular flexibility index (Phi) is 3.74. The van der Waals surface area contributed by atoms with Crippen molar-refractivity contribution in [3.63, 3.8) is 0 Å². The highest BCUT2D eigenvalue weighted by Gasteiger charge is 2.34. The lowest BCUT2D eigenvalue weighted by Gasteiger charge is -2.11. The molecule has 0 atom stereocenters. The highest BCUT2D eigenvalue weighted by molar-refractivity contribution is 9.10. The molecule has 1 aromatic rings. The van der Waals surface area contributed by atoms with E-state index >= 15 is 0 Å². The molecule has 16 heavy (non-hydrogen) atoms. The first-order chi connectivity index (χ1) is 7.22. The minimum absolute atomic E-state index is 0.428. The van der Waals surface area contributed by atoms with Gasteiger partial charge in [-0.05, 0) is 27.5 Å². The van der Waals surface area contributed by atoms with E-state index in [2.05, 4.69) is 25.7 Å². The molecular weight excluding hydrogens is 321 g/mol. The molecule has 0 aliphatic carbocycles. The van der Waals surface area contributed by atoms with Crippen LogP contribution in [0, 0.1) is 5.95 Å². The first kappa shape index (κ1) is 13.2. The average molecular weight is 322 g/mol. The van der Waals surface area contributed by atoms with Crippen LogP contribution in [-0.2, 0) is 0 Å². The van der Waals surface area contributed by atoms with Crippen molar-refractivity contribution >= 4 is 32.8 Å². The van der Waals surface area contributed by atoms with Crippen LogP contribution in [0.4, 0.5) is 17.6 Å². The molecule has 9 heteroatoms. The van der Waals surface area contributed by atoms with Gasteiger partial charge in [-0.15, -0.1) is 13.2 Å². The van der Waals surface area contributed by atoms with Gasteiger partial charge < -0.3 is 4.74 Å². The van der Waals surface area contributed by atoms with Gasteiger partial charge in [0.2, 0.25) is 0 Å². The molecule has 0 fully saturated rings. The zero-order valence-electron chi connectivity index (χ0n) is 7.11. The van der Waals surface area contributed by atoms with Crippen molar-refractivity contribution in [3.05, 3.63) is 22.2 Å². The number of halogens is 6. The zero-order chi connectivity index (χ0) is 12.5. The Bertz CT molecular complexity index is 437. The molecule has 0 saturated carbocycles. The molecule has 0 radical (unpaired) electrons. The third-order valence-corrected chi connectivity index (χ3v) is 2.35. The fourth-order valence-electron chi connectivity index (χ4n) is 0.789. The summed E-state index contributed by atoms with van der Waals surface area (Å²) in [5.74, 6) is -2.75. The Morgan fingerprint density at radius 2 is 2.06 bits per heavy atom. The smallest absolute Gasteiger partial charge is 0.400 e. The second-order valence-corrected chi connectivity index (χ2v) is 3.56. The molecule has 0 unspecified atom stereocenters. The van der Waals surface area contributed by atoms with Crippen molar-refractivity contribution in [3.8, 4) is 5.75 Å². The Balaban J connectivity index is 3.27. The molecule has 0 aliphatic heterocycles. The van der Waals surface area contributed by atoms with Crippen molar-refractivity contribution < 1.29 is 27.1 Å². The highest BCUT2D eigenvalue weighted by Crippen LogP contribution is 2.34. The molecule has 0 aliphatic rings. The van der Waals surface area contributed by atoms with E-state index in [9.17, 15) is 22.4 Å². The first-order valence-corrected chi connectivity index (χ1v) is 4.69. The maximum Gasteiger partial charge on any atom is 0.573 e. The molecule has 0 aromatic carbocycles. The quantitative estimate of drug-likeness (QED) is 0.477. The Morgan fingerprint density at radius 3 is 2.50 bits per heavy atom. The van der Waals surface area contributed by atoms with Crippen LogP contribution in [0.25, 0.3) is 0 Å². The second-order valence-electron chi connectivity index (χ2n) is 2.43. The number of hydrogen-bond donors (Lipinski definition) is 0. The number of alkyl halides is 3. The van der Waals surface area contributed by atoms with E-state index in [0.29, 0.717) is 6.20 Å². The Morgan fingerprint density at radius 1 is 1.50 bits per heavy atom. The van der Waals surface area contributed by atoms with E-state index in [-0.39, 0.29) is 0 Å². The van der Waals surface area contributed by atoms with E-state index in [0.717, 1.165) is 0 Å². The van der Waals surface area contributed by atoms with Crippen LogP contribution < -0.4 is 4.74 Å². The minimum atomic E-state index is -5.10. The first-order valence-electron chi connectivity index (χ1n) is 3.52. The molecule has 1 aromatic heterocycles. The Hall–Kier alpha value is -0.890. The lowest BCUT2D eigenvalue weighted by molar-refractivity contribution is -0.276. The van der Waals surface area contributed by atoms with Gasteiger partial charge in [0.15, 0.2) is 5.75 Å². The monoisotopic (exact) mass is 321 g/mol. The number of carbonyl (C=O) groups excluding carboxylic acids is 1. The summed E-state index contributed by atoms with van der Waals surface area (Å²) >= 11 is 7.61. The lowest BCUT2D eigenvalue weighted by Crippen LogP contribution is -2.19. The summed E-state index contributed by atoms with van der Waals surface area (Å²) in [7, 11) is 0. The molecule has 0 bridgehead atoms. The van der Waals surface area contributed by atoms with Crippen molar-refractivity contribution in [1.29, 1.82) is 0 Å². The SMILES string of the molecule is O=C(Cl)c1cnc(F)c(OC(F)(F)F)c1Br. The van der Waals surface area contributed by atoms with E-state index in [1.807, 2.05) is 0 Å². The second kappa shape index (κ2) is 4.54. The van der Waals surface area contributed by atoms with Gasteiger partial charge in [-0.3, -0.25) is 4.79 Å². The molecule has 0 N–H and O–H groups in total. The number of carbonyl (C=O) groups is 1. The summed E-state index contributed by atoms with van der Waals surface area (Å²) in [5, 5.41) is -1.09. The van der Waals surface area contributed by atoms with Gasteiger partial charge >= 0.3 is 6.36 Å². The fourth-order valence-corrected chi connectivity index (χ4v) is 1.57. The highest BCUT2D eigenvalue weighted by atomic mass is 79.9. The van der Waals surface area contributed by atoms with Crippen LogP contribution >= 0.6 is 27.5 Å². The maximum atomic E-state index is 12.9. The van der Waals surface area contributed by atoms with Crippen LogP contribution in [0.1, 0.15) is 10.4 Å². The van der Waals surface area contributed by atoms with Crippen LogP contribution in [0.15, 0.2) is 10.7 Å². The number of ether oxygens (including phenoxy) is 1. The van der Waals surface area contributed by atoms with E-state index in [4.69, 9.17) is 11.6 Å². The zero-order valence-corrected chi connectivity index (χ0v) is 9.45. The standard InChI is InChI=1S/C7HBrClF4NO2/c8-3-2(5(9)15)1-14-6(10)4(3)16-7(11,12)13/h1H. The number of rotatable bonds is 2. The van der Waals surface area contributed by atoms with E-state index < -0.39 is 33.3 Å². The number of aromatic nitrogens is 1. The summed E-state index contributed by atoms with van der Waals surface area (Å²) in [6, 6.07) is 0. The van der Waals surface area contributed by atoms with Gasteiger partial charge in [0.25, 0.3) is 11.2 Å².